The first-order chi connectivity index (χ1) is 15.6. The van der Waals surface area contributed by atoms with E-state index in [1.165, 1.54) is 12.1 Å². The molecule has 0 unspecified atom stereocenters. The lowest BCUT2D eigenvalue weighted by atomic mass is 10.2. The quantitative estimate of drug-likeness (QED) is 0.328. The van der Waals surface area contributed by atoms with E-state index in [1.807, 2.05) is 0 Å². The second-order valence-corrected chi connectivity index (χ2v) is 9.03. The lowest BCUT2D eigenvalue weighted by Gasteiger charge is -2.14. The van der Waals surface area contributed by atoms with E-state index in [2.05, 4.69) is 15.3 Å². The van der Waals surface area contributed by atoms with Crippen molar-refractivity contribution in [2.24, 2.45) is 0 Å². The average Bonchev–Trinajstić information content (AvgIpc) is 3.21. The number of alkyl halides is 3. The minimum atomic E-state index is -5.05. The number of nitrogens with zero attached hydrogens (tertiary/aromatic N) is 1. The van der Waals surface area contributed by atoms with Gasteiger partial charge in [-0.2, -0.15) is 13.2 Å². The first-order valence-corrected chi connectivity index (χ1v) is 11.0. The number of carbonyl (C=O) groups excluding carboxylic acids is 1. The number of hydrogen-bond donors (Lipinski definition) is 2. The largest absolute Gasteiger partial charge is 0.417 e. The number of aromatic amines is 1. The van der Waals surface area contributed by atoms with E-state index in [9.17, 15) is 30.8 Å². The Morgan fingerprint density at radius 2 is 1.76 bits per heavy atom. The second-order valence-electron chi connectivity index (χ2n) is 7.11. The van der Waals surface area contributed by atoms with Crippen molar-refractivity contribution in [1.82, 2.24) is 15.3 Å². The Balaban J connectivity index is 1.52. The smallest absolute Gasteiger partial charge is 0.350 e. The molecule has 4 aromatic rings. The van der Waals surface area contributed by atoms with Gasteiger partial charge < -0.3 is 10.3 Å². The van der Waals surface area contributed by atoms with Gasteiger partial charge in [-0.05, 0) is 48.0 Å². The molecule has 6 nitrogen and oxygen atoms in total. The van der Waals surface area contributed by atoms with Gasteiger partial charge in [0, 0.05) is 29.8 Å². The van der Waals surface area contributed by atoms with Gasteiger partial charge in [0.1, 0.15) is 11.5 Å². The predicted octanol–water partition coefficient (Wildman–Crippen LogP) is 4.48. The molecular weight excluding hydrogens is 462 g/mol. The number of benzene rings is 2. The molecule has 0 radical (unpaired) electrons. The molecule has 0 aliphatic carbocycles. The Labute approximate surface area is 185 Å². The molecule has 0 saturated carbocycles. The van der Waals surface area contributed by atoms with Crippen LogP contribution < -0.4 is 5.32 Å². The lowest BCUT2D eigenvalue weighted by molar-refractivity contribution is -0.140. The number of hydrogen-bond acceptors (Lipinski definition) is 4. The maximum atomic E-state index is 13.3. The monoisotopic (exact) mass is 477 g/mol. The number of halogens is 4. The van der Waals surface area contributed by atoms with E-state index >= 15 is 0 Å². The molecule has 0 aliphatic heterocycles. The van der Waals surface area contributed by atoms with Crippen LogP contribution in [0.2, 0.25) is 0 Å². The first kappa shape index (κ1) is 22.5. The molecule has 2 aromatic heterocycles. The van der Waals surface area contributed by atoms with Crippen LogP contribution in [0, 0.1) is 5.82 Å². The van der Waals surface area contributed by atoms with E-state index in [1.54, 1.807) is 24.5 Å². The number of carbonyl (C=O) groups is 1. The Morgan fingerprint density at radius 3 is 2.42 bits per heavy atom. The number of rotatable bonds is 5. The zero-order chi connectivity index (χ0) is 23.8. The highest BCUT2D eigenvalue weighted by Crippen LogP contribution is 2.36. The van der Waals surface area contributed by atoms with Crippen LogP contribution in [0.3, 0.4) is 0 Å². The van der Waals surface area contributed by atoms with Gasteiger partial charge >= 0.3 is 6.18 Å². The Hall–Kier alpha value is -3.73. The molecule has 2 heterocycles. The highest BCUT2D eigenvalue weighted by Gasteiger charge is 2.38. The van der Waals surface area contributed by atoms with Gasteiger partial charge in [0.15, 0.2) is 0 Å². The van der Waals surface area contributed by atoms with Crippen LogP contribution in [0.15, 0.2) is 76.8 Å². The molecule has 11 heteroatoms. The van der Waals surface area contributed by atoms with Crippen molar-refractivity contribution in [2.45, 2.75) is 22.5 Å². The zero-order valence-electron chi connectivity index (χ0n) is 16.7. The fourth-order valence-corrected chi connectivity index (χ4v) is 4.70. The Kier molecular flexibility index (Phi) is 5.66. The highest BCUT2D eigenvalue weighted by atomic mass is 32.2. The average molecular weight is 477 g/mol. The highest BCUT2D eigenvalue weighted by molar-refractivity contribution is 7.91. The minimum absolute atomic E-state index is 0.0527. The summed E-state index contributed by atoms with van der Waals surface area (Å²) < 4.78 is 78.6. The van der Waals surface area contributed by atoms with Crippen molar-refractivity contribution < 1.29 is 30.8 Å². The van der Waals surface area contributed by atoms with Crippen molar-refractivity contribution in [2.75, 3.05) is 0 Å². The summed E-state index contributed by atoms with van der Waals surface area (Å²) in [7, 11) is -4.56. The summed E-state index contributed by atoms with van der Waals surface area (Å²) in [6, 6.07) is 9.77. The molecule has 0 bridgehead atoms. The molecule has 0 saturated heterocycles. The third kappa shape index (κ3) is 4.58. The standard InChI is InChI=1S/C22H15F4N3O3S/c23-15-3-6-20(17(10-15)22(24,25)26)33(31,32)16-4-1-13(2-5-16)11-28-21(30)19-9-14-12-27-8-7-18(14)29-19/h1-10,12,29H,11H2,(H,28,30). The van der Waals surface area contributed by atoms with Crippen LogP contribution in [0.25, 0.3) is 10.9 Å². The summed E-state index contributed by atoms with van der Waals surface area (Å²) >= 11 is 0. The minimum Gasteiger partial charge on any atom is -0.350 e. The maximum Gasteiger partial charge on any atom is 0.417 e. The van der Waals surface area contributed by atoms with Gasteiger partial charge in [0.2, 0.25) is 9.84 Å². The SMILES string of the molecule is O=C(NCc1ccc(S(=O)(=O)c2ccc(F)cc2C(F)(F)F)cc1)c1cc2cnccc2[nH]1. The summed E-state index contributed by atoms with van der Waals surface area (Å²) in [5.74, 6) is -1.59. The number of sulfone groups is 1. The predicted molar refractivity (Wildman–Crippen MR) is 111 cm³/mol. The third-order valence-electron chi connectivity index (χ3n) is 4.89. The third-order valence-corrected chi connectivity index (χ3v) is 6.72. The van der Waals surface area contributed by atoms with Crippen molar-refractivity contribution in [3.8, 4) is 0 Å². The van der Waals surface area contributed by atoms with Gasteiger partial charge in [-0.25, -0.2) is 12.8 Å². The molecule has 0 fully saturated rings. The summed E-state index contributed by atoms with van der Waals surface area (Å²) in [5, 5.41) is 3.43. The van der Waals surface area contributed by atoms with Crippen LogP contribution in [0.4, 0.5) is 17.6 Å². The van der Waals surface area contributed by atoms with Gasteiger partial charge in [0.25, 0.3) is 5.91 Å². The molecular formula is C22H15F4N3O3S. The molecule has 2 aromatic carbocycles. The molecule has 2 N–H and O–H groups in total. The second kappa shape index (κ2) is 8.32. The summed E-state index contributed by atoms with van der Waals surface area (Å²) in [6.07, 6.45) is -1.86. The fourth-order valence-electron chi connectivity index (χ4n) is 3.24. The van der Waals surface area contributed by atoms with Gasteiger partial charge in [0.05, 0.1) is 15.4 Å². The number of nitrogens with one attached hydrogen (secondary N) is 2. The van der Waals surface area contributed by atoms with E-state index < -0.39 is 43.1 Å². The van der Waals surface area contributed by atoms with Gasteiger partial charge in [-0.15, -0.1) is 0 Å². The zero-order valence-corrected chi connectivity index (χ0v) is 17.5. The number of amides is 1. The number of H-pyrrole nitrogens is 1. The van der Waals surface area contributed by atoms with Crippen LogP contribution >= 0.6 is 0 Å². The van der Waals surface area contributed by atoms with Crippen molar-refractivity contribution in [3.05, 3.63) is 89.6 Å². The van der Waals surface area contributed by atoms with Crippen LogP contribution in [-0.2, 0) is 22.6 Å². The topological polar surface area (TPSA) is 91.9 Å². The normalized spacial score (nSPS) is 12.1. The van der Waals surface area contributed by atoms with Crippen LogP contribution in [0.5, 0.6) is 0 Å². The summed E-state index contributed by atoms with van der Waals surface area (Å²) in [5.41, 5.74) is -0.000444. The number of pyridine rings is 1. The lowest BCUT2D eigenvalue weighted by Crippen LogP contribution is -2.23. The number of aromatic nitrogens is 2. The maximum absolute atomic E-state index is 13.3. The van der Waals surface area contributed by atoms with Crippen LogP contribution in [-0.4, -0.2) is 24.3 Å². The first-order valence-electron chi connectivity index (χ1n) is 9.47. The van der Waals surface area contributed by atoms with E-state index in [0.29, 0.717) is 23.4 Å². The van der Waals surface area contributed by atoms with E-state index in [0.717, 1.165) is 23.0 Å². The van der Waals surface area contributed by atoms with E-state index in [-0.39, 0.29) is 12.6 Å². The molecule has 4 rings (SSSR count). The summed E-state index contributed by atoms with van der Waals surface area (Å²) in [6.45, 7) is 0.0527. The molecule has 0 atom stereocenters. The van der Waals surface area contributed by atoms with Gasteiger partial charge in [-0.1, -0.05) is 12.1 Å². The number of fused-ring (bicyclic) bond motifs is 1. The molecule has 1 amide bonds. The molecule has 170 valence electrons. The van der Waals surface area contributed by atoms with Crippen LogP contribution in [0.1, 0.15) is 21.6 Å². The summed E-state index contributed by atoms with van der Waals surface area (Å²) in [4.78, 5) is 17.9. The Morgan fingerprint density at radius 1 is 1.03 bits per heavy atom. The van der Waals surface area contributed by atoms with Gasteiger partial charge in [-0.3, -0.25) is 9.78 Å². The fraction of sp³-hybridized carbons (Fsp3) is 0.0909. The van der Waals surface area contributed by atoms with Crippen molar-refractivity contribution >= 4 is 26.6 Å². The molecule has 0 spiro atoms. The Bertz CT molecular complexity index is 1410. The molecule has 33 heavy (non-hydrogen) atoms. The molecule has 0 aliphatic rings. The van der Waals surface area contributed by atoms with Crippen molar-refractivity contribution in [3.63, 3.8) is 0 Å². The van der Waals surface area contributed by atoms with E-state index in [4.69, 9.17) is 0 Å². The van der Waals surface area contributed by atoms with Crippen molar-refractivity contribution in [1.29, 1.82) is 0 Å².